The van der Waals surface area contributed by atoms with E-state index in [1.165, 1.54) is 0 Å². The molecule has 8 nitrogen and oxygen atoms in total. The third-order valence-corrected chi connectivity index (χ3v) is 7.69. The lowest BCUT2D eigenvalue weighted by Gasteiger charge is -2.28. The van der Waals surface area contributed by atoms with Crippen LogP contribution in [0.4, 0.5) is 5.69 Å². The third kappa shape index (κ3) is 6.84. The number of carbonyl (C=O) groups is 3. The van der Waals surface area contributed by atoms with Crippen molar-refractivity contribution in [3.63, 3.8) is 0 Å². The van der Waals surface area contributed by atoms with E-state index in [1.807, 2.05) is 91.0 Å². The van der Waals surface area contributed by atoms with Gasteiger partial charge in [0.05, 0.1) is 6.10 Å². The number of rotatable bonds is 10. The molecule has 5 N–H and O–H groups in total. The maximum Gasteiger partial charge on any atom is 0.258 e. The van der Waals surface area contributed by atoms with E-state index in [0.29, 0.717) is 5.56 Å². The second kappa shape index (κ2) is 13.4. The van der Waals surface area contributed by atoms with Crippen LogP contribution in [0.1, 0.15) is 33.5 Å². The topological polar surface area (TPSA) is 125 Å². The van der Waals surface area contributed by atoms with Crippen molar-refractivity contribution in [3.05, 3.63) is 113 Å². The molecule has 0 aliphatic carbocycles. The summed E-state index contributed by atoms with van der Waals surface area (Å²) in [5, 5.41) is 17.6. The maximum absolute atomic E-state index is 13.7. The summed E-state index contributed by atoms with van der Waals surface area (Å²) in [7, 11) is 0. The van der Waals surface area contributed by atoms with Crippen molar-refractivity contribution in [2.75, 3.05) is 24.5 Å². The average molecular weight is 565 g/mol. The summed E-state index contributed by atoms with van der Waals surface area (Å²) in [5.41, 5.74) is 9.85. The van der Waals surface area contributed by atoms with Crippen LogP contribution in [0.15, 0.2) is 91.0 Å². The Hall–Kier alpha value is -4.53. The van der Waals surface area contributed by atoms with Gasteiger partial charge in [-0.1, -0.05) is 78.9 Å². The number of aliphatic hydroxyl groups excluding tert-OH is 1. The van der Waals surface area contributed by atoms with Crippen LogP contribution in [0, 0.1) is 0 Å². The number of nitrogens with zero attached hydrogens (tertiary/aromatic N) is 1. The molecule has 5 rings (SSSR count). The van der Waals surface area contributed by atoms with Crippen molar-refractivity contribution >= 4 is 34.2 Å². The van der Waals surface area contributed by atoms with Gasteiger partial charge in [-0.25, -0.2) is 0 Å². The number of nitrogens with one attached hydrogen (secondary N) is 2. The van der Waals surface area contributed by atoms with Gasteiger partial charge in [-0.2, -0.15) is 0 Å². The molecule has 1 aliphatic rings. The Morgan fingerprint density at radius 2 is 1.57 bits per heavy atom. The normalized spacial score (nSPS) is 14.2. The van der Waals surface area contributed by atoms with Gasteiger partial charge in [0.25, 0.3) is 5.91 Å². The largest absolute Gasteiger partial charge is 0.390 e. The number of carbonyl (C=O) groups excluding carboxylic acids is 3. The molecule has 8 heteroatoms. The monoisotopic (exact) mass is 564 g/mol. The molecule has 0 saturated heterocycles. The lowest BCUT2D eigenvalue weighted by molar-refractivity contribution is -0.129. The van der Waals surface area contributed by atoms with Crippen LogP contribution in [0.5, 0.6) is 0 Å². The summed E-state index contributed by atoms with van der Waals surface area (Å²) in [4.78, 5) is 41.9. The van der Waals surface area contributed by atoms with Gasteiger partial charge in [0.15, 0.2) is 0 Å². The van der Waals surface area contributed by atoms with E-state index in [-0.39, 0.29) is 44.3 Å². The van der Waals surface area contributed by atoms with Crippen molar-refractivity contribution in [1.29, 1.82) is 0 Å². The van der Waals surface area contributed by atoms with E-state index >= 15 is 0 Å². The van der Waals surface area contributed by atoms with Crippen molar-refractivity contribution in [2.24, 2.45) is 5.73 Å². The van der Waals surface area contributed by atoms with Gasteiger partial charge in [-0.3, -0.25) is 14.4 Å². The van der Waals surface area contributed by atoms with Crippen molar-refractivity contribution in [3.8, 4) is 0 Å². The summed E-state index contributed by atoms with van der Waals surface area (Å²) in [6, 6.07) is 28.4. The molecule has 0 aromatic heterocycles. The summed E-state index contributed by atoms with van der Waals surface area (Å²) in [6.07, 6.45) is 0.936. The zero-order valence-electron chi connectivity index (χ0n) is 23.5. The van der Waals surface area contributed by atoms with Crippen LogP contribution < -0.4 is 21.3 Å². The lowest BCUT2D eigenvalue weighted by atomic mass is 9.95. The van der Waals surface area contributed by atoms with Crippen LogP contribution >= 0.6 is 0 Å². The number of benzene rings is 4. The highest BCUT2D eigenvalue weighted by atomic mass is 16.3. The number of aryl methyl sites for hydroxylation is 2. The second-order valence-corrected chi connectivity index (χ2v) is 10.6. The first kappa shape index (κ1) is 29.0. The average Bonchev–Trinajstić information content (AvgIpc) is 3.02. The first-order valence-electron chi connectivity index (χ1n) is 14.3. The second-order valence-electron chi connectivity index (χ2n) is 10.6. The Morgan fingerprint density at radius 3 is 2.38 bits per heavy atom. The molecule has 0 bridgehead atoms. The van der Waals surface area contributed by atoms with Crippen LogP contribution in [0.2, 0.25) is 0 Å². The Morgan fingerprint density at radius 1 is 0.881 bits per heavy atom. The van der Waals surface area contributed by atoms with E-state index < -0.39 is 18.1 Å². The summed E-state index contributed by atoms with van der Waals surface area (Å²) in [5.74, 6) is -0.909. The minimum absolute atomic E-state index is 0.00909. The predicted octanol–water partition coefficient (Wildman–Crippen LogP) is 3.14. The Kier molecular flexibility index (Phi) is 9.26. The van der Waals surface area contributed by atoms with Crippen LogP contribution in [0.3, 0.4) is 0 Å². The van der Waals surface area contributed by atoms with Gasteiger partial charge in [0, 0.05) is 43.7 Å². The molecular formula is C34H36N4O4. The van der Waals surface area contributed by atoms with Gasteiger partial charge in [-0.05, 0) is 52.4 Å². The number of nitrogens with two attached hydrogens (primary N) is 1. The highest BCUT2D eigenvalue weighted by Crippen LogP contribution is 2.28. The van der Waals surface area contributed by atoms with Crippen LogP contribution in [0.25, 0.3) is 10.8 Å². The van der Waals surface area contributed by atoms with E-state index in [1.54, 1.807) is 4.90 Å². The van der Waals surface area contributed by atoms with E-state index in [2.05, 4.69) is 10.6 Å². The van der Waals surface area contributed by atoms with Gasteiger partial charge in [-0.15, -0.1) is 0 Å². The van der Waals surface area contributed by atoms with Crippen LogP contribution in [-0.4, -0.2) is 54.6 Å². The molecule has 216 valence electrons. The van der Waals surface area contributed by atoms with Crippen molar-refractivity contribution < 1.29 is 19.5 Å². The molecule has 1 unspecified atom stereocenters. The summed E-state index contributed by atoms with van der Waals surface area (Å²) < 4.78 is 0. The van der Waals surface area contributed by atoms with E-state index in [0.717, 1.165) is 46.0 Å². The smallest absolute Gasteiger partial charge is 0.258 e. The molecule has 2 atom stereocenters. The number of aliphatic hydroxyl groups is 1. The Labute approximate surface area is 245 Å². The maximum atomic E-state index is 13.7. The molecule has 0 radical (unpaired) electrons. The number of fused-ring (bicyclic) bond motifs is 3. The fourth-order valence-corrected chi connectivity index (χ4v) is 5.39. The van der Waals surface area contributed by atoms with Gasteiger partial charge in [0.1, 0.15) is 6.04 Å². The van der Waals surface area contributed by atoms with Crippen molar-refractivity contribution in [2.45, 2.75) is 37.8 Å². The highest BCUT2D eigenvalue weighted by Gasteiger charge is 2.27. The molecule has 42 heavy (non-hydrogen) atoms. The molecule has 4 aromatic rings. The van der Waals surface area contributed by atoms with Gasteiger partial charge in [0.2, 0.25) is 11.8 Å². The molecule has 1 aliphatic heterocycles. The zero-order valence-corrected chi connectivity index (χ0v) is 23.5. The zero-order chi connectivity index (χ0) is 29.5. The lowest BCUT2D eigenvalue weighted by Crippen LogP contribution is -2.50. The Bertz CT molecular complexity index is 1590. The van der Waals surface area contributed by atoms with Crippen LogP contribution in [-0.2, 0) is 28.9 Å². The summed E-state index contributed by atoms with van der Waals surface area (Å²) in [6.45, 7) is 0.153. The molecule has 0 spiro atoms. The first-order valence-corrected chi connectivity index (χ1v) is 14.3. The number of hydrogen-bond acceptors (Lipinski definition) is 5. The van der Waals surface area contributed by atoms with E-state index in [4.69, 9.17) is 5.73 Å². The molecule has 4 aromatic carbocycles. The molecule has 3 amide bonds. The number of anilines is 1. The minimum atomic E-state index is -0.882. The minimum Gasteiger partial charge on any atom is -0.390 e. The summed E-state index contributed by atoms with van der Waals surface area (Å²) >= 11 is 0. The van der Waals surface area contributed by atoms with E-state index in [9.17, 15) is 19.5 Å². The number of hydrogen-bond donors (Lipinski definition) is 4. The fourth-order valence-electron chi connectivity index (χ4n) is 5.39. The SMILES string of the molecule is NC[C@@H](O)CNC(=O)C(Cc1ccc2ccccc2c1)NC(=O)CCN1C(=O)c2ccccc2CCc2ccccc21. The molecule has 0 fully saturated rings. The molecule has 0 saturated carbocycles. The third-order valence-electron chi connectivity index (χ3n) is 7.69. The number of amides is 3. The predicted molar refractivity (Wildman–Crippen MR) is 164 cm³/mol. The Balaban J connectivity index is 1.33. The fraction of sp³-hybridized carbons (Fsp3) is 0.265. The molecule has 1 heterocycles. The number of para-hydroxylation sites is 1. The van der Waals surface area contributed by atoms with Gasteiger partial charge >= 0.3 is 0 Å². The van der Waals surface area contributed by atoms with Gasteiger partial charge < -0.3 is 26.4 Å². The van der Waals surface area contributed by atoms with Crippen molar-refractivity contribution in [1.82, 2.24) is 10.6 Å². The molecular weight excluding hydrogens is 528 g/mol. The standard InChI is InChI=1S/C34H36N4O4/c35-21-28(39)22-36-33(41)30(20-23-13-14-24-7-1-2-10-27(24)19-23)37-32(40)17-18-38-31-12-6-4-9-26(31)16-15-25-8-3-5-11-29(25)34(38)42/h1-14,19,28,30,39H,15-18,20-22,35H2,(H,36,41)(H,37,40)/t28-,30?/m1/s1. The quantitative estimate of drug-likeness (QED) is 0.236. The first-order chi connectivity index (χ1) is 20.4. The highest BCUT2D eigenvalue weighted by molar-refractivity contribution is 6.08.